The van der Waals surface area contributed by atoms with Gasteiger partial charge < -0.3 is 20.1 Å². The average molecular weight is 236 g/mol. The Morgan fingerprint density at radius 3 is 2.53 bits per heavy atom. The lowest BCUT2D eigenvalue weighted by atomic mass is 10.1. The van der Waals surface area contributed by atoms with Crippen LogP contribution in [0.2, 0.25) is 0 Å². The quantitative estimate of drug-likeness (QED) is 0.794. The molecule has 0 unspecified atom stereocenters. The minimum absolute atomic E-state index is 0.0857. The van der Waals surface area contributed by atoms with Gasteiger partial charge in [-0.25, -0.2) is 0 Å². The van der Waals surface area contributed by atoms with Gasteiger partial charge in [-0.3, -0.25) is 4.79 Å². The predicted octanol–water partition coefficient (Wildman–Crippen LogP) is 0.405. The molecule has 1 aromatic carbocycles. The molecule has 1 amide bonds. The van der Waals surface area contributed by atoms with Gasteiger partial charge in [0.1, 0.15) is 0 Å². The summed E-state index contributed by atoms with van der Waals surface area (Å²) in [6.07, 6.45) is 0. The third-order valence-electron chi connectivity index (χ3n) is 2.76. The molecule has 0 saturated carbocycles. The third kappa shape index (κ3) is 2.50. The van der Waals surface area contributed by atoms with Gasteiger partial charge in [0.25, 0.3) is 5.91 Å². The van der Waals surface area contributed by atoms with Gasteiger partial charge in [-0.1, -0.05) is 0 Å². The number of methoxy groups -OCH3 is 2. The van der Waals surface area contributed by atoms with Crippen LogP contribution in [0.25, 0.3) is 0 Å². The Kier molecular flexibility index (Phi) is 3.49. The van der Waals surface area contributed by atoms with E-state index in [0.29, 0.717) is 17.1 Å². The molecule has 2 rings (SSSR count). The minimum atomic E-state index is -0.0857. The number of amides is 1. The van der Waals surface area contributed by atoms with Gasteiger partial charge in [-0.05, 0) is 18.2 Å². The van der Waals surface area contributed by atoms with E-state index >= 15 is 0 Å². The number of benzene rings is 1. The van der Waals surface area contributed by atoms with Gasteiger partial charge in [0, 0.05) is 18.7 Å². The van der Waals surface area contributed by atoms with Crippen molar-refractivity contribution in [3.8, 4) is 11.5 Å². The van der Waals surface area contributed by atoms with Crippen molar-refractivity contribution in [3.05, 3.63) is 23.8 Å². The first-order chi connectivity index (χ1) is 8.24. The van der Waals surface area contributed by atoms with E-state index in [1.165, 1.54) is 0 Å². The predicted molar refractivity (Wildman–Crippen MR) is 63.7 cm³/mol. The molecule has 1 aromatic rings. The highest BCUT2D eigenvalue weighted by Crippen LogP contribution is 2.27. The standard InChI is InChI=1S/C12H16N2O3/c1-16-10-4-3-8(5-11(10)17-2)12(15)14-9-6-13-7-9/h3-5,9,13H,6-7H2,1-2H3,(H,14,15). The zero-order valence-electron chi connectivity index (χ0n) is 9.95. The first-order valence-corrected chi connectivity index (χ1v) is 5.48. The van der Waals surface area contributed by atoms with E-state index in [1.54, 1.807) is 32.4 Å². The number of rotatable bonds is 4. The number of carbonyl (C=O) groups is 1. The molecule has 5 heteroatoms. The minimum Gasteiger partial charge on any atom is -0.493 e. The van der Waals surface area contributed by atoms with E-state index in [2.05, 4.69) is 10.6 Å². The lowest BCUT2D eigenvalue weighted by Crippen LogP contribution is -2.56. The SMILES string of the molecule is COc1ccc(C(=O)NC2CNC2)cc1OC. The van der Waals surface area contributed by atoms with Crippen LogP contribution in [0, 0.1) is 0 Å². The topological polar surface area (TPSA) is 59.6 Å². The van der Waals surface area contributed by atoms with E-state index in [-0.39, 0.29) is 11.9 Å². The molecule has 5 nitrogen and oxygen atoms in total. The number of carbonyl (C=O) groups excluding carboxylic acids is 1. The maximum Gasteiger partial charge on any atom is 0.251 e. The molecular formula is C12H16N2O3. The van der Waals surface area contributed by atoms with Crippen LogP contribution in [0.4, 0.5) is 0 Å². The van der Waals surface area contributed by atoms with Gasteiger partial charge in [0.05, 0.1) is 20.3 Å². The Balaban J connectivity index is 2.11. The average Bonchev–Trinajstić information content (AvgIpc) is 2.32. The smallest absolute Gasteiger partial charge is 0.251 e. The first kappa shape index (κ1) is 11.7. The van der Waals surface area contributed by atoms with Gasteiger partial charge in [0.2, 0.25) is 0 Å². The summed E-state index contributed by atoms with van der Waals surface area (Å²) in [5.74, 6) is 1.10. The van der Waals surface area contributed by atoms with Crippen LogP contribution in [-0.4, -0.2) is 39.3 Å². The number of ether oxygens (including phenoxy) is 2. The summed E-state index contributed by atoms with van der Waals surface area (Å²) >= 11 is 0. The Bertz CT molecular complexity index is 416. The fraction of sp³-hybridized carbons (Fsp3) is 0.417. The van der Waals surface area contributed by atoms with Crippen LogP contribution < -0.4 is 20.1 Å². The fourth-order valence-corrected chi connectivity index (χ4v) is 1.64. The van der Waals surface area contributed by atoms with Gasteiger partial charge in [0.15, 0.2) is 11.5 Å². The summed E-state index contributed by atoms with van der Waals surface area (Å²) in [6, 6.07) is 5.37. The van der Waals surface area contributed by atoms with Crippen LogP contribution in [0.3, 0.4) is 0 Å². The Labute approximate surface area is 100 Å². The molecule has 0 radical (unpaired) electrons. The molecule has 0 spiro atoms. The van der Waals surface area contributed by atoms with E-state index in [1.807, 2.05) is 0 Å². The lowest BCUT2D eigenvalue weighted by Gasteiger charge is -2.28. The lowest BCUT2D eigenvalue weighted by molar-refractivity contribution is 0.0923. The molecular weight excluding hydrogens is 220 g/mol. The molecule has 0 atom stereocenters. The highest BCUT2D eigenvalue weighted by atomic mass is 16.5. The van der Waals surface area contributed by atoms with E-state index in [9.17, 15) is 4.79 Å². The van der Waals surface area contributed by atoms with E-state index < -0.39 is 0 Å². The Morgan fingerprint density at radius 2 is 2.00 bits per heavy atom. The first-order valence-electron chi connectivity index (χ1n) is 5.48. The van der Waals surface area contributed by atoms with Crippen molar-refractivity contribution in [1.82, 2.24) is 10.6 Å². The summed E-state index contributed by atoms with van der Waals surface area (Å²) < 4.78 is 10.3. The molecule has 1 heterocycles. The monoisotopic (exact) mass is 236 g/mol. The van der Waals surface area contributed by atoms with Crippen LogP contribution in [0.5, 0.6) is 11.5 Å². The van der Waals surface area contributed by atoms with Crippen molar-refractivity contribution < 1.29 is 14.3 Å². The Morgan fingerprint density at radius 1 is 1.29 bits per heavy atom. The molecule has 1 aliphatic rings. The normalized spacial score (nSPS) is 14.9. The number of hydrogen-bond acceptors (Lipinski definition) is 4. The highest BCUT2D eigenvalue weighted by molar-refractivity contribution is 5.95. The molecule has 1 fully saturated rings. The molecule has 2 N–H and O–H groups in total. The highest BCUT2D eigenvalue weighted by Gasteiger charge is 2.20. The number of hydrogen-bond donors (Lipinski definition) is 2. The fourth-order valence-electron chi connectivity index (χ4n) is 1.64. The van der Waals surface area contributed by atoms with Gasteiger partial charge in [-0.15, -0.1) is 0 Å². The summed E-state index contributed by atoms with van der Waals surface area (Å²) in [6.45, 7) is 1.66. The van der Waals surface area contributed by atoms with E-state index in [4.69, 9.17) is 9.47 Å². The van der Waals surface area contributed by atoms with Crippen molar-refractivity contribution in [1.29, 1.82) is 0 Å². The molecule has 92 valence electrons. The second kappa shape index (κ2) is 5.05. The molecule has 1 saturated heterocycles. The summed E-state index contributed by atoms with van der Waals surface area (Å²) in [4.78, 5) is 11.9. The second-order valence-electron chi connectivity index (χ2n) is 3.90. The van der Waals surface area contributed by atoms with Crippen molar-refractivity contribution in [2.45, 2.75) is 6.04 Å². The van der Waals surface area contributed by atoms with Crippen LogP contribution in [0.15, 0.2) is 18.2 Å². The van der Waals surface area contributed by atoms with Crippen molar-refractivity contribution in [3.63, 3.8) is 0 Å². The zero-order valence-corrected chi connectivity index (χ0v) is 9.95. The zero-order chi connectivity index (χ0) is 12.3. The van der Waals surface area contributed by atoms with Crippen LogP contribution in [-0.2, 0) is 0 Å². The maximum absolute atomic E-state index is 11.9. The summed E-state index contributed by atoms with van der Waals surface area (Å²) in [5.41, 5.74) is 0.578. The van der Waals surface area contributed by atoms with Crippen LogP contribution >= 0.6 is 0 Å². The molecule has 1 aliphatic heterocycles. The third-order valence-corrected chi connectivity index (χ3v) is 2.76. The molecule has 17 heavy (non-hydrogen) atoms. The largest absolute Gasteiger partial charge is 0.493 e. The Hall–Kier alpha value is -1.75. The van der Waals surface area contributed by atoms with Crippen molar-refractivity contribution in [2.75, 3.05) is 27.3 Å². The van der Waals surface area contributed by atoms with Gasteiger partial charge >= 0.3 is 0 Å². The molecule has 0 aliphatic carbocycles. The number of nitrogens with one attached hydrogen (secondary N) is 2. The molecule has 0 bridgehead atoms. The second-order valence-corrected chi connectivity index (χ2v) is 3.90. The van der Waals surface area contributed by atoms with E-state index in [0.717, 1.165) is 13.1 Å². The maximum atomic E-state index is 11.9. The summed E-state index contributed by atoms with van der Waals surface area (Å²) in [5, 5.41) is 6.02. The summed E-state index contributed by atoms with van der Waals surface area (Å²) in [7, 11) is 3.12. The van der Waals surface area contributed by atoms with Gasteiger partial charge in [-0.2, -0.15) is 0 Å². The van der Waals surface area contributed by atoms with Crippen molar-refractivity contribution >= 4 is 5.91 Å². The molecule has 0 aromatic heterocycles. The van der Waals surface area contributed by atoms with Crippen LogP contribution in [0.1, 0.15) is 10.4 Å². The van der Waals surface area contributed by atoms with Crippen molar-refractivity contribution in [2.24, 2.45) is 0 Å².